The summed E-state index contributed by atoms with van der Waals surface area (Å²) < 4.78 is 0. The Bertz CT molecular complexity index is 2270. The minimum absolute atomic E-state index is 0.0580. The molecule has 66 heavy (non-hydrogen) atoms. The lowest BCUT2D eigenvalue weighted by Gasteiger charge is -2.36. The minimum Gasteiger partial charge on any atom is -0.396 e. The van der Waals surface area contributed by atoms with Crippen molar-refractivity contribution >= 4 is 23.0 Å². The molecular weight excluding hydrogens is 813 g/mol. The second kappa shape index (κ2) is 21.1. The standard InChI is InChI=1S/C59H84N4O3/c1-13-58(14-2,50-39-44(61(11)12)28-30-52(50)60-33-23-37-64)42(5)24-19-17-20-25-54-59(15-3,16-4)51-40-47-46-38-43(56(6,7)8)27-29-48(46)57(9,10)49(47)41-53(51)63(54)34-22-18-21-26-55(66)62-35-31-45(65)32-36-62/h17,19-20,24-25,27-30,38-41,45,60,64-65H,5,13-16,18,21-23,26,31-37H2,1-4,6-12H3/b20-17+,24-19+,54-25+. The topological polar surface area (TPSA) is 79.3 Å². The number of unbranched alkanes of at least 4 members (excludes halogenated alkanes) is 2. The van der Waals surface area contributed by atoms with Crippen LogP contribution in [0.25, 0.3) is 11.1 Å². The van der Waals surface area contributed by atoms with Crippen LogP contribution in [0, 0.1) is 0 Å². The number of aliphatic hydroxyl groups is 2. The Morgan fingerprint density at radius 2 is 1.56 bits per heavy atom. The van der Waals surface area contributed by atoms with Crippen molar-refractivity contribution in [3.8, 4) is 11.1 Å². The maximum absolute atomic E-state index is 13.1. The van der Waals surface area contributed by atoms with Gasteiger partial charge in [-0.1, -0.05) is 118 Å². The van der Waals surface area contributed by atoms with Gasteiger partial charge in [-0.2, -0.15) is 0 Å². The van der Waals surface area contributed by atoms with Gasteiger partial charge in [0, 0.05) is 92.3 Å². The second-order valence-electron chi connectivity index (χ2n) is 21.2. The SMILES string of the molecule is C=C(/C=C/C=C/C=C1/N(CCCCCC(=O)N2CCC(O)CC2)c2cc3c(cc2C1(CC)CC)-c1cc(C(C)(C)C)ccc1C3(C)C)C(CC)(CC)c1cc(N(C)C)ccc1NCCCO. The van der Waals surface area contributed by atoms with E-state index < -0.39 is 0 Å². The lowest BCUT2D eigenvalue weighted by Crippen LogP contribution is -2.39. The van der Waals surface area contributed by atoms with E-state index in [1.807, 2.05) is 4.90 Å². The van der Waals surface area contributed by atoms with Gasteiger partial charge >= 0.3 is 0 Å². The summed E-state index contributed by atoms with van der Waals surface area (Å²) in [6.07, 6.45) is 20.2. The zero-order valence-corrected chi connectivity index (χ0v) is 42.7. The van der Waals surface area contributed by atoms with Gasteiger partial charge in [0.15, 0.2) is 0 Å². The molecule has 358 valence electrons. The van der Waals surface area contributed by atoms with Crippen LogP contribution in [-0.2, 0) is 26.5 Å². The number of amides is 1. The normalized spacial score (nSPS) is 17.5. The second-order valence-corrected chi connectivity index (χ2v) is 21.2. The Morgan fingerprint density at radius 1 is 0.864 bits per heavy atom. The fraction of sp³-hybridized carbons (Fsp3) is 0.542. The van der Waals surface area contributed by atoms with E-state index in [1.54, 1.807) is 0 Å². The first-order valence-corrected chi connectivity index (χ1v) is 25.4. The molecule has 3 aromatic carbocycles. The Morgan fingerprint density at radius 3 is 2.20 bits per heavy atom. The third-order valence-corrected chi connectivity index (χ3v) is 15.8. The number of benzene rings is 3. The molecule has 2 heterocycles. The van der Waals surface area contributed by atoms with Crippen molar-refractivity contribution in [2.75, 3.05) is 62.0 Å². The maximum Gasteiger partial charge on any atom is 0.222 e. The molecule has 3 aromatic rings. The summed E-state index contributed by atoms with van der Waals surface area (Å²) in [4.78, 5) is 19.8. The van der Waals surface area contributed by atoms with Crippen molar-refractivity contribution in [2.24, 2.45) is 0 Å². The summed E-state index contributed by atoms with van der Waals surface area (Å²) in [6.45, 7) is 28.8. The van der Waals surface area contributed by atoms with Gasteiger partial charge in [0.2, 0.25) is 5.91 Å². The molecule has 1 saturated heterocycles. The van der Waals surface area contributed by atoms with Gasteiger partial charge in [0.25, 0.3) is 0 Å². The largest absolute Gasteiger partial charge is 0.396 e. The number of rotatable bonds is 20. The molecule has 2 aliphatic heterocycles. The molecule has 0 atom stereocenters. The fourth-order valence-electron chi connectivity index (χ4n) is 11.3. The predicted molar refractivity (Wildman–Crippen MR) is 281 cm³/mol. The lowest BCUT2D eigenvalue weighted by molar-refractivity contribution is -0.133. The number of nitrogens with one attached hydrogen (secondary N) is 1. The van der Waals surface area contributed by atoms with Gasteiger partial charge in [-0.05, 0) is 144 Å². The van der Waals surface area contributed by atoms with Gasteiger partial charge in [-0.15, -0.1) is 0 Å². The van der Waals surface area contributed by atoms with E-state index in [4.69, 9.17) is 6.58 Å². The molecule has 1 amide bonds. The molecule has 6 rings (SSSR count). The van der Waals surface area contributed by atoms with Gasteiger partial charge in [-0.25, -0.2) is 0 Å². The summed E-state index contributed by atoms with van der Waals surface area (Å²) in [5.41, 5.74) is 15.2. The van der Waals surface area contributed by atoms with Crippen LogP contribution in [0.1, 0.15) is 161 Å². The number of carbonyl (C=O) groups excluding carboxylic acids is 1. The number of hydrogen-bond acceptors (Lipinski definition) is 6. The molecule has 0 bridgehead atoms. The predicted octanol–water partition coefficient (Wildman–Crippen LogP) is 12.9. The Hall–Kier alpha value is -4.59. The van der Waals surface area contributed by atoms with E-state index in [0.717, 1.165) is 68.4 Å². The summed E-state index contributed by atoms with van der Waals surface area (Å²) in [5.74, 6) is 0.227. The lowest BCUT2D eigenvalue weighted by atomic mass is 9.69. The minimum atomic E-state index is -0.275. The van der Waals surface area contributed by atoms with Crippen LogP contribution in [0.5, 0.6) is 0 Å². The van der Waals surface area contributed by atoms with Crippen molar-refractivity contribution < 1.29 is 15.0 Å². The maximum atomic E-state index is 13.1. The highest BCUT2D eigenvalue weighted by molar-refractivity contribution is 5.87. The first-order chi connectivity index (χ1) is 31.4. The third-order valence-electron chi connectivity index (χ3n) is 15.8. The van der Waals surface area contributed by atoms with Crippen LogP contribution in [-0.4, -0.2) is 74.0 Å². The zero-order valence-electron chi connectivity index (χ0n) is 42.7. The first kappa shape index (κ1) is 50.8. The molecule has 0 unspecified atom stereocenters. The summed E-state index contributed by atoms with van der Waals surface area (Å²) >= 11 is 0. The Balaban J connectivity index is 1.34. The molecule has 0 radical (unpaired) electrons. The van der Waals surface area contributed by atoms with Crippen LogP contribution >= 0.6 is 0 Å². The van der Waals surface area contributed by atoms with E-state index in [9.17, 15) is 15.0 Å². The fourth-order valence-corrected chi connectivity index (χ4v) is 11.3. The van der Waals surface area contributed by atoms with Crippen LogP contribution in [0.15, 0.2) is 96.8 Å². The number of nitrogens with zero attached hydrogens (tertiary/aromatic N) is 3. The highest BCUT2D eigenvalue weighted by atomic mass is 16.3. The number of carbonyl (C=O) groups is 1. The molecule has 0 aromatic heterocycles. The van der Waals surface area contributed by atoms with Crippen molar-refractivity contribution in [3.63, 3.8) is 0 Å². The van der Waals surface area contributed by atoms with Crippen molar-refractivity contribution in [3.05, 3.63) is 125 Å². The number of allylic oxidation sites excluding steroid dienone is 7. The highest BCUT2D eigenvalue weighted by Gasteiger charge is 2.47. The Labute approximate surface area is 399 Å². The Kier molecular flexibility index (Phi) is 16.3. The van der Waals surface area contributed by atoms with Crippen LogP contribution in [0.3, 0.4) is 0 Å². The quantitative estimate of drug-likeness (QED) is 0.0775. The molecule has 3 aliphatic rings. The van der Waals surface area contributed by atoms with Gasteiger partial charge in [0.05, 0.1) is 6.10 Å². The number of piperidine rings is 1. The van der Waals surface area contributed by atoms with Gasteiger partial charge < -0.3 is 30.2 Å². The zero-order chi connectivity index (χ0) is 48.0. The summed E-state index contributed by atoms with van der Waals surface area (Å²) in [5, 5.41) is 23.1. The summed E-state index contributed by atoms with van der Waals surface area (Å²) in [7, 11) is 4.17. The van der Waals surface area contributed by atoms with E-state index in [1.165, 1.54) is 50.3 Å². The first-order valence-electron chi connectivity index (χ1n) is 25.4. The molecule has 0 saturated carbocycles. The van der Waals surface area contributed by atoms with Crippen LogP contribution in [0.4, 0.5) is 17.1 Å². The summed E-state index contributed by atoms with van der Waals surface area (Å²) in [6, 6.07) is 19.0. The van der Waals surface area contributed by atoms with E-state index in [2.05, 4.69) is 170 Å². The van der Waals surface area contributed by atoms with Gasteiger partial charge in [0.1, 0.15) is 0 Å². The van der Waals surface area contributed by atoms with Crippen LogP contribution < -0.4 is 15.1 Å². The van der Waals surface area contributed by atoms with Crippen molar-refractivity contribution in [1.29, 1.82) is 0 Å². The average molecular weight is 897 g/mol. The van der Waals surface area contributed by atoms with E-state index >= 15 is 0 Å². The van der Waals surface area contributed by atoms with Crippen LogP contribution in [0.2, 0.25) is 0 Å². The molecule has 7 heteroatoms. The number of anilines is 3. The van der Waals surface area contributed by atoms with E-state index in [-0.39, 0.29) is 40.3 Å². The van der Waals surface area contributed by atoms with Gasteiger partial charge in [-0.3, -0.25) is 4.79 Å². The smallest absolute Gasteiger partial charge is 0.222 e. The van der Waals surface area contributed by atoms with E-state index in [0.29, 0.717) is 45.3 Å². The molecule has 7 nitrogen and oxygen atoms in total. The highest BCUT2D eigenvalue weighted by Crippen LogP contribution is 2.58. The molecule has 1 aliphatic carbocycles. The monoisotopic (exact) mass is 897 g/mol. The molecule has 3 N–H and O–H groups in total. The number of likely N-dealkylation sites (tertiary alicyclic amines) is 1. The number of fused-ring (bicyclic) bond motifs is 4. The van der Waals surface area contributed by atoms with Crippen molar-refractivity contribution in [2.45, 2.75) is 161 Å². The van der Waals surface area contributed by atoms with Crippen molar-refractivity contribution in [1.82, 2.24) is 4.90 Å². The number of hydrogen-bond donors (Lipinski definition) is 3. The number of aliphatic hydroxyl groups excluding tert-OH is 2. The molecule has 0 spiro atoms. The average Bonchev–Trinajstić information content (AvgIpc) is 3.68. The molecule has 1 fully saturated rings. The third kappa shape index (κ3) is 9.99. The molecular formula is C59H84N4O3.